The van der Waals surface area contributed by atoms with Gasteiger partial charge in [-0.15, -0.1) is 0 Å². The monoisotopic (exact) mass is 298 g/mol. The predicted molar refractivity (Wildman–Crippen MR) is 87.3 cm³/mol. The molecule has 124 valence electrons. The van der Waals surface area contributed by atoms with Crippen LogP contribution in [0.3, 0.4) is 0 Å². The molecule has 1 N–H and O–H groups in total. The molecule has 1 fully saturated rings. The van der Waals surface area contributed by atoms with E-state index in [4.69, 9.17) is 4.74 Å². The Morgan fingerprint density at radius 1 is 1.38 bits per heavy atom. The molecule has 1 aliphatic rings. The quantitative estimate of drug-likeness (QED) is 0.700. The molecule has 0 radical (unpaired) electrons. The number of hydrogen-bond acceptors (Lipinski definition) is 4. The second kappa shape index (κ2) is 8.14. The van der Waals surface area contributed by atoms with Crippen LogP contribution in [-0.4, -0.2) is 49.7 Å². The maximum Gasteiger partial charge on any atom is 0.326 e. The van der Waals surface area contributed by atoms with E-state index in [0.29, 0.717) is 17.9 Å². The summed E-state index contributed by atoms with van der Waals surface area (Å²) in [6.07, 6.45) is 4.17. The average Bonchev–Trinajstić information content (AvgIpc) is 2.85. The van der Waals surface area contributed by atoms with E-state index < -0.39 is 5.54 Å². The van der Waals surface area contributed by atoms with Crippen molar-refractivity contribution >= 4 is 5.97 Å². The first kappa shape index (κ1) is 18.4. The number of carbonyl (C=O) groups is 1. The zero-order valence-electron chi connectivity index (χ0n) is 14.7. The molecule has 0 heterocycles. The van der Waals surface area contributed by atoms with Gasteiger partial charge in [0.15, 0.2) is 0 Å². The van der Waals surface area contributed by atoms with Crippen LogP contribution in [0.25, 0.3) is 0 Å². The van der Waals surface area contributed by atoms with Gasteiger partial charge in [-0.3, -0.25) is 4.79 Å². The molecule has 0 aromatic carbocycles. The normalized spacial score (nSPS) is 26.0. The number of nitrogens with zero attached hydrogens (tertiary/aromatic N) is 1. The van der Waals surface area contributed by atoms with Crippen LogP contribution >= 0.6 is 0 Å². The summed E-state index contributed by atoms with van der Waals surface area (Å²) in [5, 5.41) is 3.28. The van der Waals surface area contributed by atoms with Gasteiger partial charge in [-0.2, -0.15) is 0 Å². The van der Waals surface area contributed by atoms with Crippen LogP contribution in [-0.2, 0) is 9.53 Å². The number of esters is 1. The van der Waals surface area contributed by atoms with E-state index in [-0.39, 0.29) is 5.97 Å². The fourth-order valence-electron chi connectivity index (χ4n) is 3.70. The Kier molecular flexibility index (Phi) is 7.14. The van der Waals surface area contributed by atoms with Gasteiger partial charge >= 0.3 is 5.97 Å². The summed E-state index contributed by atoms with van der Waals surface area (Å²) < 4.78 is 5.06. The molecule has 0 saturated heterocycles. The molecule has 0 aromatic heterocycles. The lowest BCUT2D eigenvalue weighted by Gasteiger charge is -2.35. The van der Waals surface area contributed by atoms with Crippen LogP contribution in [0.5, 0.6) is 0 Å². The molecule has 0 amide bonds. The first-order valence-corrected chi connectivity index (χ1v) is 8.38. The molecule has 0 aliphatic heterocycles. The minimum atomic E-state index is -0.463. The predicted octanol–water partition coefficient (Wildman–Crippen LogP) is 2.67. The van der Waals surface area contributed by atoms with E-state index in [1.807, 2.05) is 7.05 Å². The van der Waals surface area contributed by atoms with Gasteiger partial charge in [0.2, 0.25) is 0 Å². The zero-order chi connectivity index (χ0) is 16.0. The van der Waals surface area contributed by atoms with Crippen molar-refractivity contribution in [3.63, 3.8) is 0 Å². The summed E-state index contributed by atoms with van der Waals surface area (Å²) in [5.74, 6) is 0.960. The van der Waals surface area contributed by atoms with Crippen molar-refractivity contribution in [1.82, 2.24) is 10.2 Å². The van der Waals surface area contributed by atoms with Crippen LogP contribution in [0.1, 0.15) is 53.4 Å². The van der Waals surface area contributed by atoms with Gasteiger partial charge in [-0.25, -0.2) is 0 Å². The lowest BCUT2D eigenvalue weighted by molar-refractivity contribution is -0.150. The van der Waals surface area contributed by atoms with Crippen molar-refractivity contribution in [3.8, 4) is 0 Å². The van der Waals surface area contributed by atoms with Gasteiger partial charge in [-0.1, -0.05) is 20.3 Å². The molecule has 1 rings (SSSR count). The van der Waals surface area contributed by atoms with E-state index in [1.54, 1.807) is 0 Å². The summed E-state index contributed by atoms with van der Waals surface area (Å²) in [5.41, 5.74) is -0.463. The highest BCUT2D eigenvalue weighted by Gasteiger charge is 2.48. The van der Waals surface area contributed by atoms with Crippen LogP contribution in [0.15, 0.2) is 0 Å². The fraction of sp³-hybridized carbons (Fsp3) is 0.941. The molecule has 0 bridgehead atoms. The van der Waals surface area contributed by atoms with E-state index in [2.05, 4.69) is 37.9 Å². The van der Waals surface area contributed by atoms with E-state index >= 15 is 0 Å². The smallest absolute Gasteiger partial charge is 0.326 e. The van der Waals surface area contributed by atoms with Crippen LogP contribution in [0.2, 0.25) is 0 Å². The Morgan fingerprint density at radius 3 is 2.52 bits per heavy atom. The third kappa shape index (κ3) is 4.43. The van der Waals surface area contributed by atoms with Gasteiger partial charge in [0, 0.05) is 12.6 Å². The number of rotatable bonds is 8. The third-order valence-electron chi connectivity index (χ3n) is 4.91. The maximum atomic E-state index is 12.2. The molecule has 2 atom stereocenters. The van der Waals surface area contributed by atoms with E-state index in [9.17, 15) is 4.79 Å². The standard InChI is InChI=1S/C17H34N2O2/c1-13(2)12-19(14(3)4)11-9-15-8-7-10-17(15,18-5)16(20)21-6/h13-15,18H,7-12H2,1-6H3. The largest absolute Gasteiger partial charge is 0.468 e. The molecule has 2 unspecified atom stereocenters. The third-order valence-corrected chi connectivity index (χ3v) is 4.91. The van der Waals surface area contributed by atoms with Crippen molar-refractivity contribution in [1.29, 1.82) is 0 Å². The number of hydrogen-bond donors (Lipinski definition) is 1. The topological polar surface area (TPSA) is 41.6 Å². The van der Waals surface area contributed by atoms with E-state index in [1.165, 1.54) is 7.11 Å². The van der Waals surface area contributed by atoms with Gasteiger partial charge < -0.3 is 15.0 Å². The minimum absolute atomic E-state index is 0.0903. The number of likely N-dealkylation sites (N-methyl/N-ethyl adjacent to an activating group) is 1. The minimum Gasteiger partial charge on any atom is -0.468 e. The van der Waals surface area contributed by atoms with Gasteiger partial charge in [-0.05, 0) is 58.5 Å². The number of nitrogens with one attached hydrogen (secondary N) is 1. The molecule has 1 aliphatic carbocycles. The number of carbonyl (C=O) groups excluding carboxylic acids is 1. The Morgan fingerprint density at radius 2 is 2.05 bits per heavy atom. The van der Waals surface area contributed by atoms with Crippen molar-refractivity contribution in [3.05, 3.63) is 0 Å². The van der Waals surface area contributed by atoms with Crippen molar-refractivity contribution in [2.24, 2.45) is 11.8 Å². The Labute approximate surface area is 130 Å². The van der Waals surface area contributed by atoms with Crippen molar-refractivity contribution in [2.75, 3.05) is 27.2 Å². The first-order chi connectivity index (χ1) is 9.87. The summed E-state index contributed by atoms with van der Waals surface area (Å²) in [7, 11) is 3.39. The molecule has 0 aromatic rings. The molecule has 4 heteroatoms. The first-order valence-electron chi connectivity index (χ1n) is 8.38. The van der Waals surface area contributed by atoms with Crippen LogP contribution < -0.4 is 5.32 Å². The Hall–Kier alpha value is -0.610. The second-order valence-corrected chi connectivity index (χ2v) is 7.07. The molecule has 1 saturated carbocycles. The second-order valence-electron chi connectivity index (χ2n) is 7.07. The lowest BCUT2D eigenvalue weighted by Crippen LogP contribution is -2.54. The van der Waals surface area contributed by atoms with Gasteiger partial charge in [0.05, 0.1) is 7.11 Å². The summed E-state index contributed by atoms with van der Waals surface area (Å²) in [6.45, 7) is 11.2. The van der Waals surface area contributed by atoms with Crippen molar-refractivity contribution in [2.45, 2.75) is 65.0 Å². The molecule has 21 heavy (non-hydrogen) atoms. The highest BCUT2D eigenvalue weighted by molar-refractivity contribution is 5.81. The maximum absolute atomic E-state index is 12.2. The summed E-state index contributed by atoms with van der Waals surface area (Å²) in [4.78, 5) is 14.8. The van der Waals surface area contributed by atoms with Crippen molar-refractivity contribution < 1.29 is 9.53 Å². The average molecular weight is 298 g/mol. The fourth-order valence-corrected chi connectivity index (χ4v) is 3.70. The highest BCUT2D eigenvalue weighted by Crippen LogP contribution is 2.38. The number of ether oxygens (including phenoxy) is 1. The SMILES string of the molecule is CNC1(C(=O)OC)CCCC1CCN(CC(C)C)C(C)C. The Balaban J connectivity index is 2.69. The van der Waals surface area contributed by atoms with Gasteiger partial charge in [0.1, 0.15) is 5.54 Å². The molecule has 4 nitrogen and oxygen atoms in total. The summed E-state index contributed by atoms with van der Waals surface area (Å²) >= 11 is 0. The lowest BCUT2D eigenvalue weighted by atomic mass is 9.84. The van der Waals surface area contributed by atoms with Crippen LogP contribution in [0, 0.1) is 11.8 Å². The van der Waals surface area contributed by atoms with E-state index in [0.717, 1.165) is 38.8 Å². The number of methoxy groups -OCH3 is 1. The molecule has 0 spiro atoms. The molecular formula is C17H34N2O2. The molecular weight excluding hydrogens is 264 g/mol. The highest BCUT2D eigenvalue weighted by atomic mass is 16.5. The summed E-state index contributed by atoms with van der Waals surface area (Å²) in [6, 6.07) is 0.552. The zero-order valence-corrected chi connectivity index (χ0v) is 14.7. The van der Waals surface area contributed by atoms with Gasteiger partial charge in [0.25, 0.3) is 0 Å². The van der Waals surface area contributed by atoms with Crippen LogP contribution in [0.4, 0.5) is 0 Å². The Bertz CT molecular complexity index is 331.